The number of benzene rings is 1. The molecule has 1 atom stereocenters. The van der Waals surface area contributed by atoms with E-state index in [1.165, 1.54) is 6.33 Å². The predicted molar refractivity (Wildman–Crippen MR) is 75.2 cm³/mol. The smallest absolute Gasteiger partial charge is 0.229 e. The molecule has 20 heavy (non-hydrogen) atoms. The fourth-order valence-corrected chi connectivity index (χ4v) is 1.89. The molecule has 0 bridgehead atoms. The van der Waals surface area contributed by atoms with E-state index >= 15 is 0 Å². The number of nitrogens with one attached hydrogen (secondary N) is 1. The average molecular weight is 274 g/mol. The molecule has 2 rings (SSSR count). The Morgan fingerprint density at radius 1 is 1.35 bits per heavy atom. The molecular formula is C13H18N6O. The van der Waals surface area contributed by atoms with Crippen LogP contribution in [0.4, 0.5) is 5.69 Å². The van der Waals surface area contributed by atoms with E-state index in [4.69, 9.17) is 5.73 Å². The number of carbonyl (C=O) groups is 1. The summed E-state index contributed by atoms with van der Waals surface area (Å²) in [5.74, 6) is -0.0349. The van der Waals surface area contributed by atoms with Crippen LogP contribution in [-0.2, 0) is 4.79 Å². The Kier molecular flexibility index (Phi) is 4.41. The van der Waals surface area contributed by atoms with Gasteiger partial charge in [0.1, 0.15) is 6.33 Å². The second kappa shape index (κ2) is 6.25. The fourth-order valence-electron chi connectivity index (χ4n) is 1.89. The lowest BCUT2D eigenvalue weighted by Gasteiger charge is -2.18. The highest BCUT2D eigenvalue weighted by atomic mass is 16.1. The lowest BCUT2D eigenvalue weighted by molar-refractivity contribution is -0.120. The minimum absolute atomic E-state index is 0.0577. The van der Waals surface area contributed by atoms with Crippen LogP contribution < -0.4 is 11.1 Å². The number of nitrogens with two attached hydrogens (primary N) is 1. The molecule has 0 aliphatic carbocycles. The first kappa shape index (κ1) is 14.1. The summed E-state index contributed by atoms with van der Waals surface area (Å²) in [7, 11) is 0. The number of amides is 1. The normalized spacial score (nSPS) is 12.4. The van der Waals surface area contributed by atoms with Crippen LogP contribution in [-0.4, -0.2) is 32.7 Å². The Balaban J connectivity index is 2.06. The van der Waals surface area contributed by atoms with Crippen molar-refractivity contribution in [1.82, 2.24) is 20.2 Å². The Labute approximate surface area is 117 Å². The number of hydrogen-bond acceptors (Lipinski definition) is 5. The van der Waals surface area contributed by atoms with Crippen molar-refractivity contribution in [2.24, 2.45) is 17.6 Å². The van der Waals surface area contributed by atoms with Gasteiger partial charge in [0.15, 0.2) is 0 Å². The summed E-state index contributed by atoms with van der Waals surface area (Å²) in [6.45, 7) is 4.31. The van der Waals surface area contributed by atoms with Crippen LogP contribution in [0.15, 0.2) is 30.6 Å². The summed E-state index contributed by atoms with van der Waals surface area (Å²) < 4.78 is 1.54. The van der Waals surface area contributed by atoms with Crippen LogP contribution in [0.2, 0.25) is 0 Å². The Hall–Kier alpha value is -2.28. The largest absolute Gasteiger partial charge is 0.330 e. The number of carbonyl (C=O) groups excluding carboxylic acids is 1. The van der Waals surface area contributed by atoms with E-state index in [2.05, 4.69) is 20.8 Å². The molecule has 0 aliphatic rings. The third-order valence-corrected chi connectivity index (χ3v) is 3.14. The molecule has 106 valence electrons. The van der Waals surface area contributed by atoms with Crippen LogP contribution in [0.5, 0.6) is 0 Å². The molecular weight excluding hydrogens is 256 g/mol. The van der Waals surface area contributed by atoms with Crippen LogP contribution >= 0.6 is 0 Å². The highest BCUT2D eigenvalue weighted by Crippen LogP contribution is 2.15. The summed E-state index contributed by atoms with van der Waals surface area (Å²) in [4.78, 5) is 12.1. The van der Waals surface area contributed by atoms with Crippen molar-refractivity contribution < 1.29 is 4.79 Å². The number of hydrogen-bond donors (Lipinski definition) is 2. The summed E-state index contributed by atoms with van der Waals surface area (Å²) in [5, 5.41) is 13.8. The van der Waals surface area contributed by atoms with Crippen molar-refractivity contribution in [2.75, 3.05) is 11.9 Å². The first-order valence-electron chi connectivity index (χ1n) is 6.46. The summed E-state index contributed by atoms with van der Waals surface area (Å²) in [6.07, 6.45) is 1.51. The molecule has 7 nitrogen and oxygen atoms in total. The number of anilines is 1. The van der Waals surface area contributed by atoms with Gasteiger partial charge in [-0.05, 0) is 40.6 Å². The van der Waals surface area contributed by atoms with Crippen molar-refractivity contribution in [3.8, 4) is 5.69 Å². The predicted octanol–water partition coefficient (Wildman–Crippen LogP) is 0.832. The number of nitrogens with zero attached hydrogens (tertiary/aromatic N) is 4. The zero-order valence-electron chi connectivity index (χ0n) is 11.5. The van der Waals surface area contributed by atoms with Crippen molar-refractivity contribution in [3.63, 3.8) is 0 Å². The van der Waals surface area contributed by atoms with Crippen LogP contribution in [0.3, 0.4) is 0 Å². The van der Waals surface area contributed by atoms with Gasteiger partial charge in [-0.2, -0.15) is 0 Å². The Bertz CT molecular complexity index is 549. The molecule has 0 saturated carbocycles. The molecule has 7 heteroatoms. The maximum Gasteiger partial charge on any atom is 0.229 e. The SMILES string of the molecule is CC(C)C(CN)C(=O)Nc1ccc(-n2cnnn2)cc1. The van der Waals surface area contributed by atoms with Gasteiger partial charge >= 0.3 is 0 Å². The molecule has 1 aromatic heterocycles. The van der Waals surface area contributed by atoms with Crippen molar-refractivity contribution in [2.45, 2.75) is 13.8 Å². The molecule has 1 heterocycles. The van der Waals surface area contributed by atoms with E-state index in [0.717, 1.165) is 11.4 Å². The minimum Gasteiger partial charge on any atom is -0.330 e. The quantitative estimate of drug-likeness (QED) is 0.841. The molecule has 0 saturated heterocycles. The third kappa shape index (κ3) is 3.18. The second-order valence-electron chi connectivity index (χ2n) is 4.88. The lowest BCUT2D eigenvalue weighted by atomic mass is 9.95. The lowest BCUT2D eigenvalue weighted by Crippen LogP contribution is -2.33. The Morgan fingerprint density at radius 2 is 2.05 bits per heavy atom. The van der Waals surface area contributed by atoms with Crippen LogP contribution in [0, 0.1) is 11.8 Å². The van der Waals surface area contributed by atoms with Crippen molar-refractivity contribution in [1.29, 1.82) is 0 Å². The van der Waals surface area contributed by atoms with Crippen LogP contribution in [0.25, 0.3) is 5.69 Å². The molecule has 2 aromatic rings. The summed E-state index contributed by atoms with van der Waals surface area (Å²) in [6, 6.07) is 7.28. The Morgan fingerprint density at radius 3 is 2.55 bits per heavy atom. The average Bonchev–Trinajstić information content (AvgIpc) is 2.94. The monoisotopic (exact) mass is 274 g/mol. The summed E-state index contributed by atoms with van der Waals surface area (Å²) in [5.41, 5.74) is 7.18. The summed E-state index contributed by atoms with van der Waals surface area (Å²) >= 11 is 0. The van der Waals surface area contributed by atoms with E-state index in [1.54, 1.807) is 4.68 Å². The van der Waals surface area contributed by atoms with E-state index in [9.17, 15) is 4.79 Å². The first-order chi connectivity index (χ1) is 9.61. The van der Waals surface area contributed by atoms with Crippen molar-refractivity contribution in [3.05, 3.63) is 30.6 Å². The van der Waals surface area contributed by atoms with E-state index in [0.29, 0.717) is 6.54 Å². The maximum atomic E-state index is 12.1. The minimum atomic E-state index is -0.186. The van der Waals surface area contributed by atoms with E-state index in [-0.39, 0.29) is 17.7 Å². The molecule has 0 fully saturated rings. The third-order valence-electron chi connectivity index (χ3n) is 3.14. The van der Waals surface area contributed by atoms with Gasteiger partial charge in [0, 0.05) is 12.2 Å². The van der Waals surface area contributed by atoms with E-state index in [1.807, 2.05) is 38.1 Å². The standard InChI is InChI=1S/C13H18N6O/c1-9(2)12(7-14)13(20)16-10-3-5-11(6-4-10)19-8-15-17-18-19/h3-6,8-9,12H,7,14H2,1-2H3,(H,16,20). The maximum absolute atomic E-state index is 12.1. The zero-order chi connectivity index (χ0) is 14.5. The van der Waals surface area contributed by atoms with Gasteiger partial charge in [-0.1, -0.05) is 13.8 Å². The molecule has 0 aliphatic heterocycles. The van der Waals surface area contributed by atoms with Gasteiger partial charge < -0.3 is 11.1 Å². The van der Waals surface area contributed by atoms with Gasteiger partial charge in [-0.25, -0.2) is 4.68 Å². The van der Waals surface area contributed by atoms with Gasteiger partial charge in [0.05, 0.1) is 11.6 Å². The molecule has 1 amide bonds. The zero-order valence-corrected chi connectivity index (χ0v) is 11.5. The number of tetrazole rings is 1. The van der Waals surface area contributed by atoms with Crippen LogP contribution in [0.1, 0.15) is 13.8 Å². The van der Waals surface area contributed by atoms with Crippen molar-refractivity contribution >= 4 is 11.6 Å². The molecule has 1 unspecified atom stereocenters. The number of aromatic nitrogens is 4. The highest BCUT2D eigenvalue weighted by molar-refractivity contribution is 5.92. The van der Waals surface area contributed by atoms with Gasteiger partial charge in [0.25, 0.3) is 0 Å². The molecule has 0 radical (unpaired) electrons. The topological polar surface area (TPSA) is 98.7 Å². The second-order valence-corrected chi connectivity index (χ2v) is 4.88. The highest BCUT2D eigenvalue weighted by Gasteiger charge is 2.20. The molecule has 1 aromatic carbocycles. The van der Waals surface area contributed by atoms with Gasteiger partial charge in [0.2, 0.25) is 5.91 Å². The fraction of sp³-hybridized carbons (Fsp3) is 0.385. The van der Waals surface area contributed by atoms with E-state index < -0.39 is 0 Å². The first-order valence-corrected chi connectivity index (χ1v) is 6.46. The van der Waals surface area contributed by atoms with Gasteiger partial charge in [-0.15, -0.1) is 5.10 Å². The van der Waals surface area contributed by atoms with Gasteiger partial charge in [-0.3, -0.25) is 4.79 Å². The molecule has 3 N–H and O–H groups in total. The molecule has 0 spiro atoms. The number of rotatable bonds is 5.